The van der Waals surface area contributed by atoms with Crippen LogP contribution in [0.1, 0.15) is 49.8 Å². The molecule has 1 atom stereocenters. The Labute approximate surface area is 191 Å². The van der Waals surface area contributed by atoms with Crippen LogP contribution in [0.25, 0.3) is 0 Å². The van der Waals surface area contributed by atoms with Crippen LogP contribution in [0.5, 0.6) is 11.5 Å². The van der Waals surface area contributed by atoms with Gasteiger partial charge in [-0.25, -0.2) is 0 Å². The molecule has 0 saturated carbocycles. The van der Waals surface area contributed by atoms with Crippen molar-refractivity contribution in [1.29, 1.82) is 0 Å². The van der Waals surface area contributed by atoms with Crippen molar-refractivity contribution in [3.8, 4) is 11.5 Å². The maximum Gasteiger partial charge on any atom is 0.261 e. The molecule has 0 radical (unpaired) electrons. The molecule has 6 heteroatoms. The first kappa shape index (κ1) is 25.2. The smallest absolute Gasteiger partial charge is 0.261 e. The minimum absolute atomic E-state index is 0.126. The van der Waals surface area contributed by atoms with Crippen LogP contribution in [-0.4, -0.2) is 43.0 Å². The van der Waals surface area contributed by atoms with Gasteiger partial charge in [-0.1, -0.05) is 50.1 Å². The predicted octanol–water partition coefficient (Wildman–Crippen LogP) is 4.41. The summed E-state index contributed by atoms with van der Waals surface area (Å²) in [4.78, 5) is 27.8. The molecular formula is C26H36N2O4. The third kappa shape index (κ3) is 7.29. The van der Waals surface area contributed by atoms with Crippen LogP contribution in [0, 0.1) is 13.8 Å². The van der Waals surface area contributed by atoms with Crippen molar-refractivity contribution in [2.45, 2.75) is 59.5 Å². The summed E-state index contributed by atoms with van der Waals surface area (Å²) >= 11 is 0. The molecule has 2 aromatic rings. The quantitative estimate of drug-likeness (QED) is 0.496. The van der Waals surface area contributed by atoms with Crippen LogP contribution in [0.3, 0.4) is 0 Å². The molecule has 32 heavy (non-hydrogen) atoms. The molecule has 0 aliphatic heterocycles. The fourth-order valence-electron chi connectivity index (χ4n) is 3.54. The second kappa shape index (κ2) is 12.7. The van der Waals surface area contributed by atoms with Crippen molar-refractivity contribution in [3.63, 3.8) is 0 Å². The number of rotatable bonds is 12. The number of methoxy groups -OCH3 is 1. The van der Waals surface area contributed by atoms with Crippen LogP contribution in [0.4, 0.5) is 0 Å². The highest BCUT2D eigenvalue weighted by Crippen LogP contribution is 2.20. The Morgan fingerprint density at radius 2 is 1.78 bits per heavy atom. The van der Waals surface area contributed by atoms with Gasteiger partial charge in [-0.15, -0.1) is 0 Å². The fourth-order valence-corrected chi connectivity index (χ4v) is 3.54. The molecule has 174 valence electrons. The van der Waals surface area contributed by atoms with Gasteiger partial charge >= 0.3 is 0 Å². The molecule has 2 amide bonds. The lowest BCUT2D eigenvalue weighted by molar-refractivity contribution is -0.143. The summed E-state index contributed by atoms with van der Waals surface area (Å²) in [5.41, 5.74) is 3.03. The lowest BCUT2D eigenvalue weighted by Gasteiger charge is -2.30. The van der Waals surface area contributed by atoms with Crippen molar-refractivity contribution >= 4 is 11.8 Å². The Morgan fingerprint density at radius 3 is 2.38 bits per heavy atom. The number of ether oxygens (including phenoxy) is 2. The molecule has 6 nitrogen and oxygen atoms in total. The molecule has 0 saturated heterocycles. The summed E-state index contributed by atoms with van der Waals surface area (Å²) in [5.74, 6) is 1.07. The van der Waals surface area contributed by atoms with Gasteiger partial charge in [0.05, 0.1) is 7.11 Å². The van der Waals surface area contributed by atoms with Crippen molar-refractivity contribution in [1.82, 2.24) is 10.2 Å². The SMILES string of the molecule is CCCCNC(=O)[C@@H](CC)N(Cc1ccc(OC)cc1)C(=O)COc1ccc(C)cc1C. The molecule has 0 fully saturated rings. The number of benzene rings is 2. The molecule has 0 aliphatic rings. The van der Waals surface area contributed by atoms with E-state index in [1.54, 1.807) is 12.0 Å². The molecule has 0 heterocycles. The number of carbonyl (C=O) groups excluding carboxylic acids is 2. The number of unbranched alkanes of at least 4 members (excludes halogenated alkanes) is 1. The van der Waals surface area contributed by atoms with E-state index < -0.39 is 6.04 Å². The van der Waals surface area contributed by atoms with Crippen LogP contribution < -0.4 is 14.8 Å². The van der Waals surface area contributed by atoms with E-state index in [2.05, 4.69) is 12.2 Å². The highest BCUT2D eigenvalue weighted by molar-refractivity contribution is 5.88. The van der Waals surface area contributed by atoms with Gasteiger partial charge in [0.25, 0.3) is 5.91 Å². The van der Waals surface area contributed by atoms with Gasteiger partial charge in [0.2, 0.25) is 5.91 Å². The Morgan fingerprint density at radius 1 is 1.06 bits per heavy atom. The maximum atomic E-state index is 13.3. The topological polar surface area (TPSA) is 67.9 Å². The Balaban J connectivity index is 2.19. The Hall–Kier alpha value is -3.02. The second-order valence-electron chi connectivity index (χ2n) is 8.00. The van der Waals surface area contributed by atoms with Gasteiger partial charge in [0.1, 0.15) is 17.5 Å². The molecular weight excluding hydrogens is 404 g/mol. The number of hydrogen-bond donors (Lipinski definition) is 1. The van der Waals surface area contributed by atoms with Crippen LogP contribution in [0.2, 0.25) is 0 Å². The van der Waals surface area contributed by atoms with Gasteiger partial charge in [-0.2, -0.15) is 0 Å². The predicted molar refractivity (Wildman–Crippen MR) is 127 cm³/mol. The summed E-state index contributed by atoms with van der Waals surface area (Å²) < 4.78 is 11.1. The molecule has 0 spiro atoms. The monoisotopic (exact) mass is 440 g/mol. The molecule has 0 aliphatic carbocycles. The van der Waals surface area contributed by atoms with E-state index in [-0.39, 0.29) is 18.4 Å². The lowest BCUT2D eigenvalue weighted by Crippen LogP contribution is -2.50. The first-order valence-corrected chi connectivity index (χ1v) is 11.3. The standard InChI is InChI=1S/C26H36N2O4/c1-6-8-15-27-26(30)23(7-2)28(17-21-10-12-22(31-5)13-11-21)25(29)18-32-24-14-9-19(3)16-20(24)4/h9-14,16,23H,6-8,15,17-18H2,1-5H3,(H,27,30)/t23-/m1/s1. The van der Waals surface area contributed by atoms with E-state index in [0.717, 1.165) is 35.3 Å². The number of carbonyl (C=O) groups is 2. The Kier molecular flexibility index (Phi) is 10.1. The molecule has 0 aromatic heterocycles. The fraction of sp³-hybridized carbons (Fsp3) is 0.462. The highest BCUT2D eigenvalue weighted by Gasteiger charge is 2.28. The summed E-state index contributed by atoms with van der Waals surface area (Å²) in [7, 11) is 1.61. The van der Waals surface area contributed by atoms with Gasteiger partial charge in [-0.3, -0.25) is 9.59 Å². The van der Waals surface area contributed by atoms with Crippen LogP contribution >= 0.6 is 0 Å². The van der Waals surface area contributed by atoms with E-state index in [1.807, 2.05) is 63.2 Å². The summed E-state index contributed by atoms with van der Waals surface area (Å²) in [6, 6.07) is 12.8. The van der Waals surface area contributed by atoms with E-state index in [0.29, 0.717) is 25.3 Å². The number of nitrogens with zero attached hydrogens (tertiary/aromatic N) is 1. The molecule has 1 N–H and O–H groups in total. The number of hydrogen-bond acceptors (Lipinski definition) is 4. The Bertz CT molecular complexity index is 880. The van der Waals surface area contributed by atoms with Crippen molar-refractivity contribution in [2.24, 2.45) is 0 Å². The summed E-state index contributed by atoms with van der Waals surface area (Å²) in [6.07, 6.45) is 2.42. The van der Waals surface area contributed by atoms with E-state index >= 15 is 0 Å². The largest absolute Gasteiger partial charge is 0.497 e. The third-order valence-corrected chi connectivity index (χ3v) is 5.41. The lowest BCUT2D eigenvalue weighted by atomic mass is 10.1. The van der Waals surface area contributed by atoms with Gasteiger partial charge in [-0.05, 0) is 56.0 Å². The highest BCUT2D eigenvalue weighted by atomic mass is 16.5. The molecule has 2 aromatic carbocycles. The average Bonchev–Trinajstić information content (AvgIpc) is 2.78. The minimum atomic E-state index is -0.566. The number of amides is 2. The van der Waals surface area contributed by atoms with Crippen LogP contribution in [0.15, 0.2) is 42.5 Å². The summed E-state index contributed by atoms with van der Waals surface area (Å²) in [6.45, 7) is 8.77. The first-order valence-electron chi connectivity index (χ1n) is 11.3. The van der Waals surface area contributed by atoms with E-state index in [4.69, 9.17) is 9.47 Å². The average molecular weight is 441 g/mol. The van der Waals surface area contributed by atoms with Gasteiger partial charge in [0, 0.05) is 13.1 Å². The molecule has 0 bridgehead atoms. The zero-order valence-corrected chi connectivity index (χ0v) is 19.9. The maximum absolute atomic E-state index is 13.3. The van der Waals surface area contributed by atoms with Gasteiger partial charge < -0.3 is 19.7 Å². The van der Waals surface area contributed by atoms with Crippen molar-refractivity contribution in [2.75, 3.05) is 20.3 Å². The summed E-state index contributed by atoms with van der Waals surface area (Å²) in [5, 5.41) is 2.97. The van der Waals surface area contributed by atoms with Crippen molar-refractivity contribution < 1.29 is 19.1 Å². The minimum Gasteiger partial charge on any atom is -0.497 e. The zero-order chi connectivity index (χ0) is 23.5. The second-order valence-corrected chi connectivity index (χ2v) is 8.00. The van der Waals surface area contributed by atoms with Crippen LogP contribution in [-0.2, 0) is 16.1 Å². The zero-order valence-electron chi connectivity index (χ0n) is 19.9. The van der Waals surface area contributed by atoms with E-state index in [1.165, 1.54) is 0 Å². The molecule has 2 rings (SSSR count). The molecule has 0 unspecified atom stereocenters. The number of aryl methyl sites for hydroxylation is 2. The van der Waals surface area contributed by atoms with Crippen molar-refractivity contribution in [3.05, 3.63) is 59.2 Å². The first-order chi connectivity index (χ1) is 15.4. The third-order valence-electron chi connectivity index (χ3n) is 5.41. The van der Waals surface area contributed by atoms with E-state index in [9.17, 15) is 9.59 Å². The normalized spacial score (nSPS) is 11.5. The van der Waals surface area contributed by atoms with Gasteiger partial charge in [0.15, 0.2) is 6.61 Å². The number of nitrogens with one attached hydrogen (secondary N) is 1.